The number of aliphatic hydroxyl groups is 1. The second-order valence-electron chi connectivity index (χ2n) is 3.40. The second kappa shape index (κ2) is 6.41. The van der Waals surface area contributed by atoms with Crippen LogP contribution in [0.5, 0.6) is 0 Å². The minimum absolute atomic E-state index is 0.237. The first kappa shape index (κ1) is 10.7. The second-order valence-corrected chi connectivity index (χ2v) is 3.40. The molecule has 0 radical (unpaired) electrons. The first-order valence-electron chi connectivity index (χ1n) is 4.49. The van der Waals surface area contributed by atoms with E-state index in [-0.39, 0.29) is 6.61 Å². The Morgan fingerprint density at radius 1 is 1.45 bits per heavy atom. The maximum Gasteiger partial charge on any atom is 0.0641 e. The molecule has 0 unspecified atom stereocenters. The summed E-state index contributed by atoms with van der Waals surface area (Å²) in [5.41, 5.74) is 1.20. The summed E-state index contributed by atoms with van der Waals surface area (Å²) < 4.78 is 0. The van der Waals surface area contributed by atoms with Gasteiger partial charge in [-0.1, -0.05) is 33.3 Å². The summed E-state index contributed by atoms with van der Waals surface area (Å²) in [4.78, 5) is 0. The quantitative estimate of drug-likeness (QED) is 0.607. The molecule has 0 saturated heterocycles. The number of allylic oxidation sites excluding steroid dienone is 1. The van der Waals surface area contributed by atoms with Gasteiger partial charge in [0.1, 0.15) is 0 Å². The van der Waals surface area contributed by atoms with Crippen LogP contribution in [0.3, 0.4) is 0 Å². The Kier molecular flexibility index (Phi) is 6.24. The summed E-state index contributed by atoms with van der Waals surface area (Å²) in [6.07, 6.45) is 5.44. The van der Waals surface area contributed by atoms with Crippen LogP contribution in [-0.2, 0) is 0 Å². The number of hydrogen-bond acceptors (Lipinski definition) is 1. The van der Waals surface area contributed by atoms with E-state index in [0.717, 1.165) is 19.3 Å². The van der Waals surface area contributed by atoms with Gasteiger partial charge in [-0.25, -0.2) is 0 Å². The molecule has 0 aliphatic rings. The Hall–Kier alpha value is -0.300. The maximum absolute atomic E-state index is 8.90. The van der Waals surface area contributed by atoms with Gasteiger partial charge < -0.3 is 5.11 Å². The molecule has 0 rings (SSSR count). The van der Waals surface area contributed by atoms with E-state index in [1.165, 1.54) is 5.57 Å². The molecular formula is C10H20O. The van der Waals surface area contributed by atoms with Gasteiger partial charge in [0.2, 0.25) is 0 Å². The van der Waals surface area contributed by atoms with Crippen LogP contribution >= 0.6 is 0 Å². The maximum atomic E-state index is 8.90. The molecule has 0 aromatic carbocycles. The normalized spacial score (nSPS) is 12.6. The molecule has 0 saturated carbocycles. The number of aliphatic hydroxyl groups excluding tert-OH is 1. The summed E-state index contributed by atoms with van der Waals surface area (Å²) in [5.74, 6) is 0.702. The molecule has 66 valence electrons. The zero-order chi connectivity index (χ0) is 8.69. The molecule has 0 aliphatic carbocycles. The topological polar surface area (TPSA) is 20.2 Å². The summed E-state index contributed by atoms with van der Waals surface area (Å²) in [7, 11) is 0. The standard InChI is InChI=1S/C10H20O/c1-4-5-10(8-11)7-6-9(2)3/h7,9,11H,4-6,8H2,1-3H3/b10-7+. The van der Waals surface area contributed by atoms with Crippen molar-refractivity contribution in [3.05, 3.63) is 11.6 Å². The van der Waals surface area contributed by atoms with Gasteiger partial charge in [-0.2, -0.15) is 0 Å². The molecule has 1 nitrogen and oxygen atoms in total. The lowest BCUT2D eigenvalue weighted by Crippen LogP contribution is -1.92. The van der Waals surface area contributed by atoms with Crippen molar-refractivity contribution in [3.63, 3.8) is 0 Å². The first-order chi connectivity index (χ1) is 5.20. The number of rotatable bonds is 5. The van der Waals surface area contributed by atoms with Crippen LogP contribution in [0, 0.1) is 5.92 Å². The monoisotopic (exact) mass is 156 g/mol. The Labute approximate surface area is 70.1 Å². The van der Waals surface area contributed by atoms with Crippen LogP contribution in [0.4, 0.5) is 0 Å². The minimum Gasteiger partial charge on any atom is -0.392 e. The van der Waals surface area contributed by atoms with Gasteiger partial charge in [0.25, 0.3) is 0 Å². The minimum atomic E-state index is 0.237. The average molecular weight is 156 g/mol. The van der Waals surface area contributed by atoms with E-state index in [1.54, 1.807) is 0 Å². The molecule has 0 bridgehead atoms. The number of hydrogen-bond donors (Lipinski definition) is 1. The Morgan fingerprint density at radius 2 is 2.09 bits per heavy atom. The van der Waals surface area contributed by atoms with Crippen LogP contribution in [0.1, 0.15) is 40.0 Å². The molecule has 1 heteroatoms. The Bertz CT molecular complexity index is 114. The summed E-state index contributed by atoms with van der Waals surface area (Å²) >= 11 is 0. The Balaban J connectivity index is 3.70. The zero-order valence-electron chi connectivity index (χ0n) is 7.93. The average Bonchev–Trinajstić information content (AvgIpc) is 1.97. The Morgan fingerprint density at radius 3 is 2.45 bits per heavy atom. The van der Waals surface area contributed by atoms with Crippen LogP contribution in [0.15, 0.2) is 11.6 Å². The molecular weight excluding hydrogens is 136 g/mol. The van der Waals surface area contributed by atoms with Crippen LogP contribution in [0.25, 0.3) is 0 Å². The van der Waals surface area contributed by atoms with Gasteiger partial charge in [-0.15, -0.1) is 0 Å². The molecule has 0 spiro atoms. The largest absolute Gasteiger partial charge is 0.392 e. The molecule has 0 amide bonds. The molecule has 1 N–H and O–H groups in total. The summed E-state index contributed by atoms with van der Waals surface area (Å²) in [6, 6.07) is 0. The molecule has 0 aromatic heterocycles. The molecule has 0 heterocycles. The summed E-state index contributed by atoms with van der Waals surface area (Å²) in [6.45, 7) is 6.76. The third-order valence-electron chi connectivity index (χ3n) is 1.65. The fourth-order valence-corrected chi connectivity index (χ4v) is 0.969. The van der Waals surface area contributed by atoms with Gasteiger partial charge in [-0.05, 0) is 24.3 Å². The predicted octanol–water partition coefficient (Wildman–Crippen LogP) is 2.75. The van der Waals surface area contributed by atoms with E-state index in [0.29, 0.717) is 5.92 Å². The van der Waals surface area contributed by atoms with Crippen molar-refractivity contribution in [1.29, 1.82) is 0 Å². The highest BCUT2D eigenvalue weighted by Gasteiger charge is 1.94. The lowest BCUT2D eigenvalue weighted by atomic mass is 10.1. The van der Waals surface area contributed by atoms with Gasteiger partial charge >= 0.3 is 0 Å². The predicted molar refractivity (Wildman–Crippen MR) is 49.5 cm³/mol. The lowest BCUT2D eigenvalue weighted by Gasteiger charge is -2.03. The van der Waals surface area contributed by atoms with Crippen molar-refractivity contribution >= 4 is 0 Å². The lowest BCUT2D eigenvalue weighted by molar-refractivity contribution is 0.325. The van der Waals surface area contributed by atoms with Crippen molar-refractivity contribution in [2.45, 2.75) is 40.0 Å². The van der Waals surface area contributed by atoms with Crippen LogP contribution in [-0.4, -0.2) is 11.7 Å². The van der Waals surface area contributed by atoms with Gasteiger partial charge in [0.05, 0.1) is 6.61 Å². The van der Waals surface area contributed by atoms with Crippen molar-refractivity contribution < 1.29 is 5.11 Å². The summed E-state index contributed by atoms with van der Waals surface area (Å²) in [5, 5.41) is 8.90. The highest BCUT2D eigenvalue weighted by atomic mass is 16.3. The van der Waals surface area contributed by atoms with E-state index in [4.69, 9.17) is 5.11 Å². The van der Waals surface area contributed by atoms with Crippen molar-refractivity contribution in [1.82, 2.24) is 0 Å². The highest BCUT2D eigenvalue weighted by Crippen LogP contribution is 2.08. The molecule has 0 atom stereocenters. The highest BCUT2D eigenvalue weighted by molar-refractivity contribution is 5.01. The fraction of sp³-hybridized carbons (Fsp3) is 0.800. The van der Waals surface area contributed by atoms with Crippen molar-refractivity contribution in [2.75, 3.05) is 6.61 Å². The zero-order valence-corrected chi connectivity index (χ0v) is 7.93. The van der Waals surface area contributed by atoms with Crippen molar-refractivity contribution in [2.24, 2.45) is 5.92 Å². The van der Waals surface area contributed by atoms with Crippen LogP contribution in [0.2, 0.25) is 0 Å². The van der Waals surface area contributed by atoms with E-state index >= 15 is 0 Å². The van der Waals surface area contributed by atoms with Gasteiger partial charge in [0.15, 0.2) is 0 Å². The van der Waals surface area contributed by atoms with Crippen molar-refractivity contribution in [3.8, 4) is 0 Å². The van der Waals surface area contributed by atoms with E-state index < -0.39 is 0 Å². The smallest absolute Gasteiger partial charge is 0.0641 e. The van der Waals surface area contributed by atoms with Gasteiger partial charge in [-0.3, -0.25) is 0 Å². The third-order valence-corrected chi connectivity index (χ3v) is 1.65. The van der Waals surface area contributed by atoms with E-state index in [9.17, 15) is 0 Å². The first-order valence-corrected chi connectivity index (χ1v) is 4.49. The molecule has 0 aromatic rings. The van der Waals surface area contributed by atoms with Crippen LogP contribution < -0.4 is 0 Å². The third kappa shape index (κ3) is 6.11. The fourth-order valence-electron chi connectivity index (χ4n) is 0.969. The van der Waals surface area contributed by atoms with E-state index in [2.05, 4.69) is 26.8 Å². The van der Waals surface area contributed by atoms with Gasteiger partial charge in [0, 0.05) is 0 Å². The molecule has 0 aliphatic heterocycles. The molecule has 11 heavy (non-hydrogen) atoms. The SMILES string of the molecule is CCC/C(=C\CC(C)C)CO. The van der Waals surface area contributed by atoms with E-state index in [1.807, 2.05) is 0 Å². The molecule has 0 fully saturated rings.